The molecule has 1 aliphatic carbocycles. The van der Waals surface area contributed by atoms with Crippen LogP contribution in [-0.2, 0) is 0 Å². The summed E-state index contributed by atoms with van der Waals surface area (Å²) in [7, 11) is 0. The first-order chi connectivity index (χ1) is 20.0. The fourth-order valence-electron chi connectivity index (χ4n) is 5.08. The van der Waals surface area contributed by atoms with E-state index in [9.17, 15) is 58.2 Å². The van der Waals surface area contributed by atoms with E-state index in [1.165, 1.54) is 0 Å². The molecule has 0 radical (unpaired) electrons. The van der Waals surface area contributed by atoms with E-state index in [4.69, 9.17) is 0 Å². The van der Waals surface area contributed by atoms with E-state index in [-0.39, 0.29) is 0 Å². The Morgan fingerprint density at radius 3 is 1.07 bits per heavy atom. The summed E-state index contributed by atoms with van der Waals surface area (Å²) in [6.07, 6.45) is -5.82. The Morgan fingerprint density at radius 1 is 0.442 bits per heavy atom. The molecule has 226 valence electrons. The molecule has 3 aromatic carbocycles. The van der Waals surface area contributed by atoms with Gasteiger partial charge in [0.15, 0.2) is 58.2 Å². The number of allylic oxidation sites excluding steroid dienone is 4. The maximum atomic E-state index is 15.6. The van der Waals surface area contributed by atoms with Crippen LogP contribution in [0.2, 0.25) is 5.82 Å². The van der Waals surface area contributed by atoms with Crippen LogP contribution in [0.1, 0.15) is 0 Å². The molecule has 0 fully saturated rings. The molecule has 0 bridgehead atoms. The molecule has 1 unspecified atom stereocenters. The maximum absolute atomic E-state index is 15.6. The SMILES string of the molecule is [N-]=[N+]=C1C(F)=C(F)C(F)=C(F)C1[B-](c1cc(F)c(F)c(F)c1F)(c1cc(F)c(F)c(F)c1F)c1cc(F)c(F)c(F)c1F. The summed E-state index contributed by atoms with van der Waals surface area (Å²) in [6.45, 7) is 0. The topological polar surface area (TPSA) is 36.4 Å². The smallest absolute Gasteiger partial charge is 0.306 e. The highest BCUT2D eigenvalue weighted by Crippen LogP contribution is 2.45. The van der Waals surface area contributed by atoms with E-state index >= 15 is 17.6 Å². The predicted octanol–water partition coefficient (Wildman–Crippen LogP) is 6.18. The van der Waals surface area contributed by atoms with Gasteiger partial charge in [-0.05, 0) is 0 Å². The van der Waals surface area contributed by atoms with Crippen LogP contribution in [-0.4, -0.2) is 16.6 Å². The van der Waals surface area contributed by atoms with Crippen molar-refractivity contribution in [1.29, 1.82) is 0 Å². The highest BCUT2D eigenvalue weighted by atomic mass is 19.2. The van der Waals surface area contributed by atoms with Gasteiger partial charge in [-0.3, -0.25) is 0 Å². The molecule has 0 aliphatic heterocycles. The number of benzene rings is 3. The molecule has 2 nitrogen and oxygen atoms in total. The minimum absolute atomic E-state index is 0.697. The molecular formula is C24H4BF16N2-. The summed E-state index contributed by atoms with van der Waals surface area (Å²) >= 11 is 0. The maximum Gasteiger partial charge on any atom is 0.306 e. The molecule has 0 spiro atoms. The Bertz CT molecular complexity index is 1710. The third-order valence-corrected chi connectivity index (χ3v) is 6.86. The van der Waals surface area contributed by atoms with Gasteiger partial charge in [-0.1, -0.05) is 18.2 Å². The van der Waals surface area contributed by atoms with Gasteiger partial charge < -0.3 is 5.53 Å². The van der Waals surface area contributed by atoms with E-state index in [0.29, 0.717) is 0 Å². The Hall–Kier alpha value is -4.54. The largest absolute Gasteiger partial charge is 0.361 e. The van der Waals surface area contributed by atoms with Crippen LogP contribution in [0.3, 0.4) is 0 Å². The van der Waals surface area contributed by atoms with Crippen molar-refractivity contribution in [3.63, 3.8) is 0 Å². The van der Waals surface area contributed by atoms with Crippen LogP contribution < -0.4 is 16.4 Å². The summed E-state index contributed by atoms with van der Waals surface area (Å²) in [5, 5.41) is 0. The third-order valence-electron chi connectivity index (χ3n) is 6.86. The van der Waals surface area contributed by atoms with Gasteiger partial charge >= 0.3 is 5.71 Å². The second-order valence-electron chi connectivity index (χ2n) is 8.85. The van der Waals surface area contributed by atoms with E-state index in [1.807, 2.05) is 4.79 Å². The van der Waals surface area contributed by atoms with E-state index in [2.05, 4.69) is 0 Å². The van der Waals surface area contributed by atoms with E-state index < -0.39 is 145 Å². The standard InChI is InChI=1S/C24H4BF16N2/c26-7-1-4(11(29)18(36)14(7)32)25(5-2-8(27)15(33)19(37)12(5)30,6-3-9(28)16(34)20(38)13(6)31)10-17(35)21(39)22(40)23(41)24(10)43-42/h1-3,10H/q-1. The zero-order chi connectivity index (χ0) is 32.5. The average molecular weight is 635 g/mol. The second-order valence-corrected chi connectivity index (χ2v) is 8.85. The minimum atomic E-state index is -5.82. The quantitative estimate of drug-likeness (QED) is 0.0821. The molecule has 1 atom stereocenters. The molecule has 0 aromatic heterocycles. The summed E-state index contributed by atoms with van der Waals surface area (Å²) < 4.78 is 235. The molecule has 0 N–H and O–H groups in total. The Labute approximate surface area is 226 Å². The van der Waals surface area contributed by atoms with Crippen LogP contribution in [0.25, 0.3) is 5.53 Å². The number of hydrogen-bond donors (Lipinski definition) is 0. The number of rotatable bonds is 4. The van der Waals surface area contributed by atoms with Crippen molar-refractivity contribution < 1.29 is 75.0 Å². The summed E-state index contributed by atoms with van der Waals surface area (Å²) in [6, 6.07) is -2.09. The predicted molar refractivity (Wildman–Crippen MR) is 114 cm³/mol. The van der Waals surface area contributed by atoms with Crippen LogP contribution in [0.15, 0.2) is 41.5 Å². The number of hydrogen-bond acceptors (Lipinski definition) is 0. The monoisotopic (exact) mass is 635 g/mol. The van der Waals surface area contributed by atoms with Crippen molar-refractivity contribution in [2.24, 2.45) is 0 Å². The van der Waals surface area contributed by atoms with Gasteiger partial charge in [0.1, 0.15) is 29.4 Å². The summed E-state index contributed by atoms with van der Waals surface area (Å²) in [5.41, 5.74) is -0.155. The lowest BCUT2D eigenvalue weighted by Gasteiger charge is -2.47. The molecule has 0 saturated heterocycles. The van der Waals surface area contributed by atoms with Crippen molar-refractivity contribution in [2.75, 3.05) is 0 Å². The first kappa shape index (κ1) is 31.4. The molecule has 1 aliphatic rings. The highest BCUT2D eigenvalue weighted by molar-refractivity contribution is 7.14. The molecule has 0 amide bonds. The van der Waals surface area contributed by atoms with Gasteiger partial charge in [0.25, 0.3) is 0 Å². The highest BCUT2D eigenvalue weighted by Gasteiger charge is 2.56. The Morgan fingerprint density at radius 2 is 0.767 bits per heavy atom. The van der Waals surface area contributed by atoms with Crippen LogP contribution in [0, 0.1) is 69.8 Å². The van der Waals surface area contributed by atoms with Crippen molar-refractivity contribution in [1.82, 2.24) is 0 Å². The lowest BCUT2D eigenvalue weighted by Crippen LogP contribution is -2.74. The first-order valence-corrected chi connectivity index (χ1v) is 11.0. The minimum Gasteiger partial charge on any atom is -0.361 e. The van der Waals surface area contributed by atoms with Gasteiger partial charge in [0.2, 0.25) is 11.7 Å². The van der Waals surface area contributed by atoms with Gasteiger partial charge in [-0.25, -0.2) is 65.9 Å². The normalized spacial score (nSPS) is 15.9. The van der Waals surface area contributed by atoms with Gasteiger partial charge in [-0.2, -0.15) is 25.6 Å². The summed E-state index contributed by atoms with van der Waals surface area (Å²) in [4.78, 5) is 2.03. The van der Waals surface area contributed by atoms with Gasteiger partial charge in [-0.15, -0.1) is 0 Å². The van der Waals surface area contributed by atoms with E-state index in [1.54, 1.807) is 0 Å². The lowest BCUT2D eigenvalue weighted by molar-refractivity contribution is -0.00957. The van der Waals surface area contributed by atoms with Crippen LogP contribution in [0.4, 0.5) is 70.2 Å². The zero-order valence-electron chi connectivity index (χ0n) is 19.8. The molecule has 43 heavy (non-hydrogen) atoms. The molecule has 4 rings (SSSR count). The average Bonchev–Trinajstić information content (AvgIpc) is 2.98. The lowest BCUT2D eigenvalue weighted by atomic mass is 9.09. The first-order valence-electron chi connectivity index (χ1n) is 11.0. The van der Waals surface area contributed by atoms with E-state index in [0.717, 1.165) is 0 Å². The van der Waals surface area contributed by atoms with Crippen LogP contribution in [0.5, 0.6) is 0 Å². The Kier molecular flexibility index (Phi) is 7.76. The number of nitrogens with zero attached hydrogens (tertiary/aromatic N) is 2. The summed E-state index contributed by atoms with van der Waals surface area (Å²) in [5.74, 6) is -49.8. The molecule has 0 heterocycles. The second kappa shape index (κ2) is 10.6. The third kappa shape index (κ3) is 4.24. The van der Waals surface area contributed by atoms with Crippen molar-refractivity contribution >= 4 is 28.2 Å². The fourth-order valence-corrected chi connectivity index (χ4v) is 5.08. The van der Waals surface area contributed by atoms with Gasteiger partial charge in [0, 0.05) is 5.82 Å². The fraction of sp³-hybridized carbons (Fsp3) is 0.0417. The van der Waals surface area contributed by atoms with Crippen LogP contribution >= 0.6 is 0 Å². The molecule has 3 aromatic rings. The van der Waals surface area contributed by atoms with Crippen molar-refractivity contribution in [3.8, 4) is 0 Å². The van der Waals surface area contributed by atoms with Crippen molar-refractivity contribution in [3.05, 3.63) is 117 Å². The molecule has 0 saturated carbocycles. The molecular weight excluding hydrogens is 631 g/mol. The van der Waals surface area contributed by atoms with Gasteiger partial charge in [0.05, 0.1) is 0 Å². The molecule has 19 heteroatoms. The number of halogens is 16. The zero-order valence-corrected chi connectivity index (χ0v) is 19.8. The van der Waals surface area contributed by atoms with Crippen molar-refractivity contribution in [2.45, 2.75) is 5.82 Å². The Balaban J connectivity index is 2.51.